The molecule has 3 N–H and O–H groups in total. The first-order chi connectivity index (χ1) is 8.65. The van der Waals surface area contributed by atoms with Gasteiger partial charge in [0.25, 0.3) is 0 Å². The highest BCUT2D eigenvalue weighted by Crippen LogP contribution is 2.17. The Bertz CT molecular complexity index is 513. The maximum absolute atomic E-state index is 13.2. The van der Waals surface area contributed by atoms with E-state index in [-0.39, 0.29) is 11.8 Å². The normalized spacial score (nSPS) is 12.3. The van der Waals surface area contributed by atoms with Crippen molar-refractivity contribution < 1.29 is 9.50 Å². The van der Waals surface area contributed by atoms with Crippen molar-refractivity contribution in [2.75, 3.05) is 0 Å². The summed E-state index contributed by atoms with van der Waals surface area (Å²) in [4.78, 5) is 0. The molecule has 2 nitrogen and oxygen atoms in total. The summed E-state index contributed by atoms with van der Waals surface area (Å²) in [5.41, 5.74) is 8.01. The van der Waals surface area contributed by atoms with Gasteiger partial charge in [0.1, 0.15) is 0 Å². The lowest BCUT2D eigenvalue weighted by molar-refractivity contribution is 0.431. The Labute approximate surface area is 106 Å². The van der Waals surface area contributed by atoms with E-state index < -0.39 is 5.82 Å². The Morgan fingerprint density at radius 3 is 2.33 bits per heavy atom. The third kappa shape index (κ3) is 3.31. The molecule has 1 unspecified atom stereocenters. The number of nitrogens with two attached hydrogens (primary N) is 1. The van der Waals surface area contributed by atoms with Crippen LogP contribution in [0.15, 0.2) is 48.5 Å². The van der Waals surface area contributed by atoms with Crippen molar-refractivity contribution in [1.29, 1.82) is 0 Å². The van der Waals surface area contributed by atoms with E-state index in [1.807, 2.05) is 30.3 Å². The van der Waals surface area contributed by atoms with E-state index in [9.17, 15) is 4.39 Å². The lowest BCUT2D eigenvalue weighted by Gasteiger charge is -2.12. The van der Waals surface area contributed by atoms with Crippen molar-refractivity contribution in [3.05, 3.63) is 65.5 Å². The van der Waals surface area contributed by atoms with Gasteiger partial charge in [-0.05, 0) is 36.1 Å². The highest BCUT2D eigenvalue weighted by atomic mass is 19.1. The third-order valence-electron chi connectivity index (χ3n) is 2.85. The summed E-state index contributed by atoms with van der Waals surface area (Å²) in [6.45, 7) is 0. The molecular weight excluding hydrogens is 229 g/mol. The summed E-state index contributed by atoms with van der Waals surface area (Å²) >= 11 is 0. The fourth-order valence-electron chi connectivity index (χ4n) is 1.97. The number of aromatic hydroxyl groups is 1. The van der Waals surface area contributed by atoms with Crippen LogP contribution in [-0.4, -0.2) is 11.1 Å². The van der Waals surface area contributed by atoms with Gasteiger partial charge in [-0.2, -0.15) is 0 Å². The second-order valence-electron chi connectivity index (χ2n) is 4.44. The third-order valence-corrected chi connectivity index (χ3v) is 2.85. The zero-order chi connectivity index (χ0) is 13.0. The molecule has 0 saturated carbocycles. The molecular formula is C15H16FNO. The first kappa shape index (κ1) is 12.6. The smallest absolute Gasteiger partial charge is 0.165 e. The standard InChI is InChI=1S/C15H16FNO/c16-14-10-12(6-7-15(14)18)9-13(17)8-11-4-2-1-3-5-11/h1-7,10,13,18H,8-9,17H2. The summed E-state index contributed by atoms with van der Waals surface area (Å²) < 4.78 is 13.2. The fourth-order valence-corrected chi connectivity index (χ4v) is 1.97. The van der Waals surface area contributed by atoms with Gasteiger partial charge in [0.05, 0.1) is 0 Å². The molecule has 1 atom stereocenters. The van der Waals surface area contributed by atoms with Crippen molar-refractivity contribution in [3.63, 3.8) is 0 Å². The van der Waals surface area contributed by atoms with Crippen LogP contribution in [0.2, 0.25) is 0 Å². The Morgan fingerprint density at radius 1 is 1.00 bits per heavy atom. The maximum Gasteiger partial charge on any atom is 0.165 e. The highest BCUT2D eigenvalue weighted by molar-refractivity contribution is 5.28. The molecule has 0 aliphatic heterocycles. The Kier molecular flexibility index (Phi) is 3.95. The van der Waals surface area contributed by atoms with Crippen LogP contribution in [0.5, 0.6) is 5.75 Å². The molecule has 0 amide bonds. The first-order valence-corrected chi connectivity index (χ1v) is 5.92. The molecule has 2 aromatic carbocycles. The van der Waals surface area contributed by atoms with Gasteiger partial charge in [0.15, 0.2) is 11.6 Å². The molecule has 0 aromatic heterocycles. The van der Waals surface area contributed by atoms with Gasteiger partial charge in [0.2, 0.25) is 0 Å². The molecule has 18 heavy (non-hydrogen) atoms. The maximum atomic E-state index is 13.2. The molecule has 0 bridgehead atoms. The molecule has 3 heteroatoms. The lowest BCUT2D eigenvalue weighted by Crippen LogP contribution is -2.25. The molecule has 0 aliphatic carbocycles. The molecule has 0 radical (unpaired) electrons. The minimum absolute atomic E-state index is 0.0589. The summed E-state index contributed by atoms with van der Waals surface area (Å²) in [5, 5.41) is 9.11. The van der Waals surface area contributed by atoms with Crippen LogP contribution < -0.4 is 5.73 Å². The topological polar surface area (TPSA) is 46.2 Å². The highest BCUT2D eigenvalue weighted by Gasteiger charge is 2.07. The van der Waals surface area contributed by atoms with Gasteiger partial charge in [-0.3, -0.25) is 0 Å². The Balaban J connectivity index is 1.99. The molecule has 2 rings (SSSR count). The summed E-state index contributed by atoms with van der Waals surface area (Å²) in [5.74, 6) is -0.921. The first-order valence-electron chi connectivity index (χ1n) is 5.92. The van der Waals surface area contributed by atoms with Gasteiger partial charge in [0, 0.05) is 6.04 Å². The average molecular weight is 245 g/mol. The van der Waals surface area contributed by atoms with Crippen molar-refractivity contribution in [1.82, 2.24) is 0 Å². The molecule has 0 aliphatic rings. The van der Waals surface area contributed by atoms with E-state index in [1.165, 1.54) is 17.7 Å². The van der Waals surface area contributed by atoms with Crippen LogP contribution in [0.25, 0.3) is 0 Å². The van der Waals surface area contributed by atoms with Crippen molar-refractivity contribution in [2.45, 2.75) is 18.9 Å². The van der Waals surface area contributed by atoms with Crippen LogP contribution in [0.3, 0.4) is 0 Å². The molecule has 94 valence electrons. The van der Waals surface area contributed by atoms with E-state index in [0.717, 1.165) is 12.0 Å². The average Bonchev–Trinajstić information content (AvgIpc) is 2.35. The van der Waals surface area contributed by atoms with E-state index in [1.54, 1.807) is 6.07 Å². The lowest BCUT2D eigenvalue weighted by atomic mass is 10.00. The second-order valence-corrected chi connectivity index (χ2v) is 4.44. The molecule has 0 heterocycles. The van der Waals surface area contributed by atoms with Crippen LogP contribution in [0, 0.1) is 5.82 Å². The zero-order valence-electron chi connectivity index (χ0n) is 10.0. The molecule has 2 aromatic rings. The van der Waals surface area contributed by atoms with Gasteiger partial charge < -0.3 is 10.8 Å². The number of phenolic OH excluding ortho intramolecular Hbond substituents is 1. The van der Waals surface area contributed by atoms with Gasteiger partial charge >= 0.3 is 0 Å². The van der Waals surface area contributed by atoms with Gasteiger partial charge in [-0.25, -0.2) is 4.39 Å². The minimum Gasteiger partial charge on any atom is -0.505 e. The number of rotatable bonds is 4. The fraction of sp³-hybridized carbons (Fsp3) is 0.200. The largest absolute Gasteiger partial charge is 0.505 e. The van der Waals surface area contributed by atoms with E-state index in [0.29, 0.717) is 6.42 Å². The van der Waals surface area contributed by atoms with E-state index in [4.69, 9.17) is 10.8 Å². The SMILES string of the molecule is NC(Cc1ccccc1)Cc1ccc(O)c(F)c1. The van der Waals surface area contributed by atoms with E-state index >= 15 is 0 Å². The summed E-state index contributed by atoms with van der Waals surface area (Å²) in [6, 6.07) is 14.3. The summed E-state index contributed by atoms with van der Waals surface area (Å²) in [7, 11) is 0. The zero-order valence-corrected chi connectivity index (χ0v) is 10.0. The van der Waals surface area contributed by atoms with Crippen molar-refractivity contribution >= 4 is 0 Å². The van der Waals surface area contributed by atoms with Gasteiger partial charge in [-0.15, -0.1) is 0 Å². The quantitative estimate of drug-likeness (QED) is 0.869. The Morgan fingerprint density at radius 2 is 1.67 bits per heavy atom. The predicted octanol–water partition coefficient (Wildman–Crippen LogP) is 2.64. The monoisotopic (exact) mass is 245 g/mol. The molecule has 0 spiro atoms. The second kappa shape index (κ2) is 5.65. The van der Waals surface area contributed by atoms with Crippen molar-refractivity contribution in [2.24, 2.45) is 5.73 Å². The van der Waals surface area contributed by atoms with Crippen LogP contribution >= 0.6 is 0 Å². The number of hydrogen-bond acceptors (Lipinski definition) is 2. The number of halogens is 1. The number of benzene rings is 2. The minimum atomic E-state index is -0.598. The van der Waals surface area contributed by atoms with Gasteiger partial charge in [-0.1, -0.05) is 36.4 Å². The molecule has 0 fully saturated rings. The number of hydrogen-bond donors (Lipinski definition) is 2. The van der Waals surface area contributed by atoms with Crippen molar-refractivity contribution in [3.8, 4) is 5.75 Å². The number of phenols is 1. The van der Waals surface area contributed by atoms with E-state index in [2.05, 4.69) is 0 Å². The van der Waals surface area contributed by atoms with Crippen LogP contribution in [0.1, 0.15) is 11.1 Å². The molecule has 0 saturated heterocycles. The van der Waals surface area contributed by atoms with Crippen LogP contribution in [-0.2, 0) is 12.8 Å². The Hall–Kier alpha value is -1.87. The predicted molar refractivity (Wildman–Crippen MR) is 69.9 cm³/mol. The van der Waals surface area contributed by atoms with Crippen LogP contribution in [0.4, 0.5) is 4.39 Å². The summed E-state index contributed by atoms with van der Waals surface area (Å²) in [6.07, 6.45) is 1.34.